The molecule has 4 heteroatoms. The maximum Gasteiger partial charge on any atom is 0.146 e. The molecule has 82 valence electrons. The number of halogens is 1. The Kier molecular flexibility index (Phi) is 2.24. The zero-order valence-electron chi connectivity index (χ0n) is 8.85. The highest BCUT2D eigenvalue weighted by atomic mass is 32.1. The van der Waals surface area contributed by atoms with Crippen molar-refractivity contribution in [2.75, 3.05) is 0 Å². The van der Waals surface area contributed by atoms with Crippen molar-refractivity contribution in [3.63, 3.8) is 0 Å². The summed E-state index contributed by atoms with van der Waals surface area (Å²) in [6, 6.07) is 6.50. The molecule has 0 saturated heterocycles. The fourth-order valence-electron chi connectivity index (χ4n) is 1.81. The molecule has 16 heavy (non-hydrogen) atoms. The van der Waals surface area contributed by atoms with E-state index in [0.717, 1.165) is 16.4 Å². The average molecular weight is 234 g/mol. The first kappa shape index (κ1) is 9.90. The van der Waals surface area contributed by atoms with Gasteiger partial charge in [-0.2, -0.15) is 4.37 Å². The lowest BCUT2D eigenvalue weighted by atomic mass is 10.2. The Bertz CT molecular complexity index is 523. The van der Waals surface area contributed by atoms with Crippen LogP contribution in [0, 0.1) is 11.7 Å². The van der Waals surface area contributed by atoms with Gasteiger partial charge < -0.3 is 0 Å². The molecule has 1 aliphatic carbocycles. The summed E-state index contributed by atoms with van der Waals surface area (Å²) in [6.45, 7) is 2.20. The third-order valence-electron chi connectivity index (χ3n) is 2.95. The van der Waals surface area contributed by atoms with E-state index in [9.17, 15) is 4.39 Å². The third kappa shape index (κ3) is 1.73. The van der Waals surface area contributed by atoms with Crippen LogP contribution in [-0.4, -0.2) is 9.36 Å². The lowest BCUT2D eigenvalue weighted by Crippen LogP contribution is -1.84. The van der Waals surface area contributed by atoms with E-state index in [4.69, 9.17) is 0 Å². The molecule has 1 heterocycles. The number of hydrogen-bond acceptors (Lipinski definition) is 3. The Labute approximate surface area is 97.3 Å². The number of nitrogens with zero attached hydrogens (tertiary/aromatic N) is 2. The number of rotatable bonds is 2. The fourth-order valence-corrected chi connectivity index (χ4v) is 2.53. The van der Waals surface area contributed by atoms with Crippen LogP contribution in [0.15, 0.2) is 24.3 Å². The lowest BCUT2D eigenvalue weighted by Gasteiger charge is -1.94. The number of aromatic nitrogens is 2. The molecule has 0 amide bonds. The van der Waals surface area contributed by atoms with Crippen molar-refractivity contribution < 1.29 is 4.39 Å². The molecular formula is C12H11FN2S. The van der Waals surface area contributed by atoms with Crippen LogP contribution in [0.2, 0.25) is 0 Å². The summed E-state index contributed by atoms with van der Waals surface area (Å²) in [5, 5.41) is 0.814. The molecule has 3 rings (SSSR count). The minimum atomic E-state index is -0.228. The van der Waals surface area contributed by atoms with Crippen molar-refractivity contribution in [2.24, 2.45) is 5.92 Å². The summed E-state index contributed by atoms with van der Waals surface area (Å²) in [7, 11) is 0. The molecule has 0 spiro atoms. The lowest BCUT2D eigenvalue weighted by molar-refractivity contribution is 0.628. The highest BCUT2D eigenvalue weighted by Crippen LogP contribution is 2.46. The van der Waals surface area contributed by atoms with E-state index >= 15 is 0 Å². The molecule has 1 aliphatic rings. The van der Waals surface area contributed by atoms with Crippen molar-refractivity contribution >= 4 is 11.5 Å². The smallest absolute Gasteiger partial charge is 0.146 e. The molecule has 2 atom stereocenters. The quantitative estimate of drug-likeness (QED) is 0.795. The van der Waals surface area contributed by atoms with Crippen molar-refractivity contribution in [3.05, 3.63) is 35.9 Å². The van der Waals surface area contributed by atoms with Crippen molar-refractivity contribution in [1.29, 1.82) is 0 Å². The second kappa shape index (κ2) is 3.63. The zero-order chi connectivity index (χ0) is 11.1. The van der Waals surface area contributed by atoms with Crippen LogP contribution in [0.3, 0.4) is 0 Å². The number of hydrogen-bond donors (Lipinski definition) is 0. The molecule has 2 nitrogen and oxygen atoms in total. The minimum absolute atomic E-state index is 0.228. The van der Waals surface area contributed by atoms with Crippen LogP contribution >= 0.6 is 11.5 Å². The van der Waals surface area contributed by atoms with E-state index in [0.29, 0.717) is 11.8 Å². The fraction of sp³-hybridized carbons (Fsp3) is 0.333. The summed E-state index contributed by atoms with van der Waals surface area (Å²) < 4.78 is 17.4. The monoisotopic (exact) mass is 234 g/mol. The van der Waals surface area contributed by atoms with E-state index < -0.39 is 0 Å². The summed E-state index contributed by atoms with van der Waals surface area (Å²) in [5.74, 6) is 1.93. The van der Waals surface area contributed by atoms with E-state index in [1.165, 1.54) is 30.1 Å². The Balaban J connectivity index is 1.92. The Morgan fingerprint density at radius 3 is 2.94 bits per heavy atom. The van der Waals surface area contributed by atoms with Crippen LogP contribution in [0.1, 0.15) is 25.1 Å². The molecule has 1 aromatic heterocycles. The molecule has 1 saturated carbocycles. The summed E-state index contributed by atoms with van der Waals surface area (Å²) in [5.41, 5.74) is 0.817. The van der Waals surface area contributed by atoms with Crippen molar-refractivity contribution in [3.8, 4) is 10.6 Å². The Morgan fingerprint density at radius 1 is 1.44 bits per heavy atom. The van der Waals surface area contributed by atoms with Gasteiger partial charge in [-0.05, 0) is 36.0 Å². The maximum atomic E-state index is 13.0. The second-order valence-electron chi connectivity index (χ2n) is 4.29. The zero-order valence-corrected chi connectivity index (χ0v) is 9.67. The molecule has 1 fully saturated rings. The van der Waals surface area contributed by atoms with E-state index in [1.807, 2.05) is 6.07 Å². The predicted octanol–water partition coefficient (Wildman–Crippen LogP) is 3.47. The van der Waals surface area contributed by atoms with Gasteiger partial charge >= 0.3 is 0 Å². The molecule has 0 unspecified atom stereocenters. The Hall–Kier alpha value is -1.29. The molecular weight excluding hydrogens is 223 g/mol. The first-order valence-electron chi connectivity index (χ1n) is 5.33. The van der Waals surface area contributed by atoms with E-state index in [2.05, 4.69) is 16.3 Å². The average Bonchev–Trinajstić information content (AvgIpc) is 2.81. The van der Waals surface area contributed by atoms with Crippen molar-refractivity contribution in [2.45, 2.75) is 19.3 Å². The van der Waals surface area contributed by atoms with Gasteiger partial charge in [0.05, 0.1) is 0 Å². The summed E-state index contributed by atoms with van der Waals surface area (Å²) in [6.07, 6.45) is 1.18. The van der Waals surface area contributed by atoms with Gasteiger partial charge in [0.25, 0.3) is 0 Å². The normalized spacial score (nSPS) is 23.4. The van der Waals surface area contributed by atoms with Crippen LogP contribution in [-0.2, 0) is 0 Å². The molecule has 1 aromatic carbocycles. The van der Waals surface area contributed by atoms with Gasteiger partial charge in [0, 0.05) is 11.5 Å². The van der Waals surface area contributed by atoms with Gasteiger partial charge in [0.15, 0.2) is 0 Å². The molecule has 2 aromatic rings. The topological polar surface area (TPSA) is 25.8 Å². The highest BCUT2D eigenvalue weighted by molar-refractivity contribution is 7.09. The summed E-state index contributed by atoms with van der Waals surface area (Å²) >= 11 is 1.35. The van der Waals surface area contributed by atoms with Gasteiger partial charge in [-0.15, -0.1) is 0 Å². The maximum absolute atomic E-state index is 13.0. The second-order valence-corrected chi connectivity index (χ2v) is 5.04. The first-order valence-corrected chi connectivity index (χ1v) is 6.11. The minimum Gasteiger partial charge on any atom is -0.219 e. The van der Waals surface area contributed by atoms with Gasteiger partial charge in [-0.25, -0.2) is 9.37 Å². The predicted molar refractivity (Wildman–Crippen MR) is 61.8 cm³/mol. The largest absolute Gasteiger partial charge is 0.219 e. The van der Waals surface area contributed by atoms with Crippen molar-refractivity contribution in [1.82, 2.24) is 9.36 Å². The molecule has 0 aliphatic heterocycles. The van der Waals surface area contributed by atoms with Gasteiger partial charge in [0.1, 0.15) is 16.6 Å². The van der Waals surface area contributed by atoms with Crippen LogP contribution < -0.4 is 0 Å². The SMILES string of the molecule is C[C@@H]1C[C@H]1c1nsc(-c2cccc(F)c2)n1. The highest BCUT2D eigenvalue weighted by Gasteiger charge is 2.37. The molecule has 0 bridgehead atoms. The number of benzene rings is 1. The van der Waals surface area contributed by atoms with E-state index in [-0.39, 0.29) is 5.82 Å². The van der Waals surface area contributed by atoms with Crippen LogP contribution in [0.25, 0.3) is 10.6 Å². The molecule has 0 radical (unpaired) electrons. The third-order valence-corrected chi connectivity index (χ3v) is 3.73. The van der Waals surface area contributed by atoms with Crippen LogP contribution in [0.4, 0.5) is 4.39 Å². The standard InChI is InChI=1S/C12H11FN2S/c1-7-5-10(7)11-14-12(16-15-11)8-3-2-4-9(13)6-8/h2-4,6-7,10H,5H2,1H3/t7-,10-/m1/s1. The first-order chi connectivity index (χ1) is 7.74. The van der Waals surface area contributed by atoms with Gasteiger partial charge in [-0.1, -0.05) is 19.1 Å². The van der Waals surface area contributed by atoms with Gasteiger partial charge in [-0.3, -0.25) is 0 Å². The van der Waals surface area contributed by atoms with E-state index in [1.54, 1.807) is 6.07 Å². The van der Waals surface area contributed by atoms with Gasteiger partial charge in [0.2, 0.25) is 0 Å². The summed E-state index contributed by atoms with van der Waals surface area (Å²) in [4.78, 5) is 4.47. The molecule has 0 N–H and O–H groups in total. The van der Waals surface area contributed by atoms with Crippen LogP contribution in [0.5, 0.6) is 0 Å². The Morgan fingerprint density at radius 2 is 2.25 bits per heavy atom.